The van der Waals surface area contributed by atoms with E-state index in [0.29, 0.717) is 0 Å². The molecule has 1 aromatic carbocycles. The van der Waals surface area contributed by atoms with Gasteiger partial charge in [0.1, 0.15) is 10.1 Å². The Kier molecular flexibility index (Phi) is 16.6. The van der Waals surface area contributed by atoms with Crippen LogP contribution in [0, 0.1) is 38.0 Å². The minimum Gasteiger partial charge on any atom is -0.744 e. The van der Waals surface area contributed by atoms with Crippen molar-refractivity contribution in [3.63, 3.8) is 0 Å². The van der Waals surface area contributed by atoms with Crippen molar-refractivity contribution in [2.75, 3.05) is 19.6 Å². The predicted molar refractivity (Wildman–Crippen MR) is 104 cm³/mol. The Morgan fingerprint density at radius 3 is 1.50 bits per heavy atom. The fourth-order valence-electron chi connectivity index (χ4n) is 2.46. The van der Waals surface area contributed by atoms with Crippen LogP contribution in [-0.4, -0.2) is 45.0 Å². The first kappa shape index (κ1) is 28.4. The Hall–Kier alpha value is 0.207. The summed E-state index contributed by atoms with van der Waals surface area (Å²) >= 11 is 0. The van der Waals surface area contributed by atoms with Crippen LogP contribution in [0.3, 0.4) is 0 Å². The summed E-state index contributed by atoms with van der Waals surface area (Å²) in [5, 5.41) is 0. The Morgan fingerprint density at radius 1 is 0.885 bits per heavy atom. The van der Waals surface area contributed by atoms with Crippen LogP contribution in [0.25, 0.3) is 0 Å². The molecule has 0 amide bonds. The smallest absolute Gasteiger partial charge is 0.481 e. The number of nitrogens with zero attached hydrogens (tertiary/aromatic N) is 1. The van der Waals surface area contributed by atoms with Gasteiger partial charge in [0.25, 0.3) is 0 Å². The van der Waals surface area contributed by atoms with E-state index in [9.17, 15) is 13.0 Å². The molecular formula is C19H34BNO3SU. The molecule has 0 fully saturated rings. The molecule has 7 heteroatoms. The molecule has 0 unspecified atom stereocenters. The molecular weight excluding hydrogens is 571 g/mol. The molecule has 26 heavy (non-hydrogen) atoms. The molecule has 0 bridgehead atoms. The van der Waals surface area contributed by atoms with E-state index in [1.54, 1.807) is 12.1 Å². The van der Waals surface area contributed by atoms with E-state index >= 15 is 0 Å². The van der Waals surface area contributed by atoms with Gasteiger partial charge in [0.2, 0.25) is 0 Å². The van der Waals surface area contributed by atoms with E-state index < -0.39 is 10.1 Å². The van der Waals surface area contributed by atoms with Gasteiger partial charge in [-0.2, -0.15) is 0 Å². The molecule has 1 rings (SSSR count). The minimum atomic E-state index is -4.27. The summed E-state index contributed by atoms with van der Waals surface area (Å²) in [5.74, 6) is 0. The van der Waals surface area contributed by atoms with Crippen LogP contribution in [0.15, 0.2) is 29.2 Å². The van der Waals surface area contributed by atoms with Gasteiger partial charge in [0.05, 0.1) is 24.5 Å². The second-order valence-electron chi connectivity index (χ2n) is 6.72. The third kappa shape index (κ3) is 13.4. The van der Waals surface area contributed by atoms with Crippen molar-refractivity contribution in [1.82, 2.24) is 0 Å². The molecule has 0 aromatic heterocycles. The molecule has 0 atom stereocenters. The SMILES string of the molecule is Cc1ccc(S(=O)(=O)[O-])cc1.[B][N+](CCCC)(CCCC)CCCC.[U]. The summed E-state index contributed by atoms with van der Waals surface area (Å²) in [7, 11) is 2.12. The second kappa shape index (κ2) is 15.2. The first-order chi connectivity index (χ1) is 11.7. The summed E-state index contributed by atoms with van der Waals surface area (Å²) in [4.78, 5) is -0.178. The molecule has 4 nitrogen and oxygen atoms in total. The van der Waals surface area contributed by atoms with Gasteiger partial charge >= 0.3 is 7.98 Å². The maximum absolute atomic E-state index is 10.4. The number of rotatable bonds is 10. The molecule has 0 aliphatic carbocycles. The van der Waals surface area contributed by atoms with E-state index in [1.165, 1.54) is 50.7 Å². The largest absolute Gasteiger partial charge is 0.744 e. The molecule has 0 saturated heterocycles. The van der Waals surface area contributed by atoms with Crippen LogP contribution in [0.1, 0.15) is 64.9 Å². The van der Waals surface area contributed by atoms with Gasteiger partial charge in [-0.1, -0.05) is 57.7 Å². The van der Waals surface area contributed by atoms with Crippen molar-refractivity contribution in [3.8, 4) is 0 Å². The van der Waals surface area contributed by atoms with Gasteiger partial charge in [-0.3, -0.25) is 0 Å². The van der Waals surface area contributed by atoms with Crippen LogP contribution < -0.4 is 0 Å². The van der Waals surface area contributed by atoms with Gasteiger partial charge in [-0.15, -0.1) is 0 Å². The Bertz CT molecular complexity index is 543. The number of hydrogen-bond donors (Lipinski definition) is 0. The number of unbranched alkanes of at least 4 members (excludes halogenated alkanes) is 3. The Balaban J connectivity index is 0. The molecule has 0 aliphatic heterocycles. The van der Waals surface area contributed by atoms with Gasteiger partial charge < -0.3 is 8.95 Å². The maximum atomic E-state index is 10.4. The second-order valence-corrected chi connectivity index (χ2v) is 8.10. The maximum Gasteiger partial charge on any atom is 0.481 e. The number of benzene rings is 1. The van der Waals surface area contributed by atoms with Gasteiger partial charge in [0, 0.05) is 31.1 Å². The Morgan fingerprint density at radius 2 is 1.23 bits per heavy atom. The molecule has 1 aromatic rings. The van der Waals surface area contributed by atoms with E-state index in [1.807, 2.05) is 6.92 Å². The molecule has 0 saturated carbocycles. The standard InChI is InChI=1S/C12H27BN.C7H8O3S.U/c1-4-7-10-14(13,11-8-5-2)12-9-6-3;1-6-2-4-7(5-3-6)11(8,9)10;/h4-12H2,1-3H3;2-5H,1H3,(H,8,9,10);/q+1;;/p-1. The van der Waals surface area contributed by atoms with Crippen molar-refractivity contribution in [3.05, 3.63) is 29.8 Å². The molecule has 2 radical (unpaired) electrons. The normalized spacial score (nSPS) is 11.3. The number of hydrogen-bond acceptors (Lipinski definition) is 3. The predicted octanol–water partition coefficient (Wildman–Crippen LogP) is 4.19. The molecule has 0 N–H and O–H groups in total. The van der Waals surface area contributed by atoms with Crippen molar-refractivity contribution >= 4 is 18.1 Å². The Labute approximate surface area is 186 Å². The average Bonchev–Trinajstić information content (AvgIpc) is 2.57. The van der Waals surface area contributed by atoms with Gasteiger partial charge in [0.15, 0.2) is 0 Å². The first-order valence-corrected chi connectivity index (χ1v) is 10.8. The monoisotopic (exact) mass is 605 g/mol. The summed E-state index contributed by atoms with van der Waals surface area (Å²) in [6.07, 6.45) is 7.58. The van der Waals surface area contributed by atoms with Crippen LogP contribution in [0.5, 0.6) is 0 Å². The zero-order chi connectivity index (χ0) is 19.3. The summed E-state index contributed by atoms with van der Waals surface area (Å²) in [5.41, 5.74) is 0.928. The van der Waals surface area contributed by atoms with Crippen molar-refractivity contribution in [1.29, 1.82) is 0 Å². The number of aryl methyl sites for hydroxylation is 1. The van der Waals surface area contributed by atoms with Crippen LogP contribution in [0.2, 0.25) is 0 Å². The third-order valence-corrected chi connectivity index (χ3v) is 5.03. The molecule has 0 aliphatic rings. The summed E-state index contributed by atoms with van der Waals surface area (Å²) in [6, 6.07) is 5.78. The number of quaternary nitrogens is 1. The van der Waals surface area contributed by atoms with Crippen LogP contribution in [-0.2, 0) is 10.1 Å². The quantitative estimate of drug-likeness (QED) is 0.297. The van der Waals surface area contributed by atoms with Crippen molar-refractivity contribution in [2.45, 2.75) is 71.1 Å². The topological polar surface area (TPSA) is 57.2 Å². The summed E-state index contributed by atoms with van der Waals surface area (Å²) in [6.45, 7) is 12.0. The fraction of sp³-hybridized carbons (Fsp3) is 0.684. The van der Waals surface area contributed by atoms with E-state index in [2.05, 4.69) is 20.8 Å². The van der Waals surface area contributed by atoms with E-state index in [0.717, 1.165) is 29.6 Å². The van der Waals surface area contributed by atoms with Gasteiger partial charge in [-0.05, 0) is 38.3 Å². The van der Waals surface area contributed by atoms with Crippen LogP contribution in [0.4, 0.5) is 0 Å². The van der Waals surface area contributed by atoms with Crippen LogP contribution >= 0.6 is 0 Å². The van der Waals surface area contributed by atoms with Crippen molar-refractivity contribution in [2.24, 2.45) is 0 Å². The zero-order valence-electron chi connectivity index (χ0n) is 16.8. The van der Waals surface area contributed by atoms with Gasteiger partial charge in [-0.25, -0.2) is 8.42 Å². The first-order valence-electron chi connectivity index (χ1n) is 9.35. The fourth-order valence-corrected chi connectivity index (χ4v) is 2.93. The molecule has 0 spiro atoms. The third-order valence-electron chi connectivity index (χ3n) is 4.18. The average molecular weight is 605 g/mol. The minimum absolute atomic E-state index is 0. The molecule has 0 heterocycles. The van der Waals surface area contributed by atoms with E-state index in [-0.39, 0.29) is 36.0 Å². The van der Waals surface area contributed by atoms with E-state index in [4.69, 9.17) is 7.98 Å². The summed E-state index contributed by atoms with van der Waals surface area (Å²) < 4.78 is 32.0. The van der Waals surface area contributed by atoms with Crippen molar-refractivity contribution < 1.29 is 48.5 Å². The molecule has 146 valence electrons. The zero-order valence-corrected chi connectivity index (χ0v) is 21.8.